The van der Waals surface area contributed by atoms with Crippen molar-refractivity contribution in [2.45, 2.75) is 73.0 Å². The van der Waals surface area contributed by atoms with Crippen molar-refractivity contribution in [1.82, 2.24) is 15.1 Å². The number of piperidine rings is 1. The number of hydrogen-bond donors (Lipinski definition) is 1. The van der Waals surface area contributed by atoms with Gasteiger partial charge in [0, 0.05) is 43.3 Å². The molecule has 3 aliphatic heterocycles. The molecule has 5 fully saturated rings. The van der Waals surface area contributed by atoms with E-state index in [-0.39, 0.29) is 40.3 Å². The van der Waals surface area contributed by atoms with Gasteiger partial charge in [0.15, 0.2) is 9.84 Å². The molecule has 1 amide bonds. The molecular weight excluding hydrogens is 660 g/mol. The topological polar surface area (TPSA) is 108 Å². The maximum Gasteiger partial charge on any atom is 0.407 e. The molecule has 2 aliphatic carbocycles. The average molecular weight is 711 g/mol. The summed E-state index contributed by atoms with van der Waals surface area (Å²) in [6.45, 7) is 6.05. The lowest BCUT2D eigenvalue weighted by Crippen LogP contribution is -2.66. The summed E-state index contributed by atoms with van der Waals surface area (Å²) in [7, 11) is -0.414. The Morgan fingerprint density at radius 1 is 0.900 bits per heavy atom. The van der Waals surface area contributed by atoms with Gasteiger partial charge in [-0.25, -0.2) is 17.6 Å². The van der Waals surface area contributed by atoms with E-state index in [1.54, 1.807) is 18.2 Å². The zero-order valence-electron chi connectivity index (χ0n) is 29.3. The Morgan fingerprint density at radius 3 is 2.22 bits per heavy atom. The second-order valence-electron chi connectivity index (χ2n) is 15.4. The van der Waals surface area contributed by atoms with Crippen LogP contribution in [0.4, 0.5) is 14.9 Å². The van der Waals surface area contributed by atoms with Crippen molar-refractivity contribution >= 4 is 27.6 Å². The fourth-order valence-corrected chi connectivity index (χ4v) is 11.2. The zero-order valence-corrected chi connectivity index (χ0v) is 30.1. The third-order valence-corrected chi connectivity index (χ3v) is 14.7. The van der Waals surface area contributed by atoms with Gasteiger partial charge in [-0.1, -0.05) is 18.6 Å². The fraction of sp³-hybridized carbons (Fsp3) is 0.632. The van der Waals surface area contributed by atoms with E-state index in [9.17, 15) is 18.0 Å². The largest absolute Gasteiger partial charge is 0.468 e. The highest BCUT2D eigenvalue weighted by Gasteiger charge is 2.55. The van der Waals surface area contributed by atoms with Crippen LogP contribution in [0.3, 0.4) is 0 Å². The molecule has 7 rings (SSSR count). The van der Waals surface area contributed by atoms with Gasteiger partial charge in [0.1, 0.15) is 11.2 Å². The molecule has 0 radical (unpaired) electrons. The fourth-order valence-electron chi connectivity index (χ4n) is 9.57. The number of sulfone groups is 1. The minimum absolute atomic E-state index is 0.0588. The van der Waals surface area contributed by atoms with E-state index >= 15 is 4.39 Å². The monoisotopic (exact) mass is 710 g/mol. The van der Waals surface area contributed by atoms with Crippen molar-refractivity contribution < 1.29 is 31.9 Å². The van der Waals surface area contributed by atoms with E-state index in [1.165, 1.54) is 20.3 Å². The minimum atomic E-state index is -3.26. The first-order chi connectivity index (χ1) is 24.1. The minimum Gasteiger partial charge on any atom is -0.468 e. The van der Waals surface area contributed by atoms with E-state index in [4.69, 9.17) is 9.47 Å². The first kappa shape index (κ1) is 35.2. The number of carbonyl (C=O) groups is 2. The van der Waals surface area contributed by atoms with Crippen LogP contribution in [0.2, 0.25) is 0 Å². The standard InChI is InChI=1S/C38H51FN4O6S/c1-48-35(44)37(24-43(25-37)30-10-12-31(13-11-30)50(46,47)32-14-15-32)23-42-20-16-27(17-21-42)38(26-41-18-5-19-41,28-6-3-7-29(39)22-28)33-8-4-9-34(33)40-36(45)49-2/h3,6-7,10-13,22,27,32-34H,4-5,8-9,14-21,23-26H2,1-2H3,(H,40,45)/t33-,34-,38?/m0/s1. The number of likely N-dealkylation sites (tertiary alicyclic amines) is 2. The van der Waals surface area contributed by atoms with Crippen molar-refractivity contribution in [1.29, 1.82) is 0 Å². The third-order valence-electron chi connectivity index (χ3n) is 12.4. The second kappa shape index (κ2) is 14.1. The van der Waals surface area contributed by atoms with E-state index in [0.717, 1.165) is 95.3 Å². The highest BCUT2D eigenvalue weighted by Crippen LogP contribution is 2.52. The van der Waals surface area contributed by atoms with Gasteiger partial charge in [-0.2, -0.15) is 0 Å². The number of alkyl carbamates (subject to hydrolysis) is 1. The summed E-state index contributed by atoms with van der Waals surface area (Å²) >= 11 is 0. The van der Waals surface area contributed by atoms with Crippen molar-refractivity contribution in [3.05, 3.63) is 59.9 Å². The van der Waals surface area contributed by atoms with Crippen LogP contribution < -0.4 is 10.2 Å². The van der Waals surface area contributed by atoms with Crippen molar-refractivity contribution in [2.75, 3.05) is 71.5 Å². The molecule has 12 heteroatoms. The van der Waals surface area contributed by atoms with Crippen molar-refractivity contribution in [3.8, 4) is 0 Å². The Bertz CT molecular complexity index is 1650. The Balaban J connectivity index is 1.09. The number of halogens is 1. The first-order valence-electron chi connectivity index (χ1n) is 18.3. The maximum absolute atomic E-state index is 15.0. The number of methoxy groups -OCH3 is 2. The number of rotatable bonds is 12. The quantitative estimate of drug-likeness (QED) is 0.316. The Morgan fingerprint density at radius 2 is 1.62 bits per heavy atom. The van der Waals surface area contributed by atoms with Crippen LogP contribution in [0.1, 0.15) is 56.9 Å². The van der Waals surface area contributed by atoms with Crippen LogP contribution in [0.25, 0.3) is 0 Å². The van der Waals surface area contributed by atoms with Crippen LogP contribution in [0, 0.1) is 23.1 Å². The van der Waals surface area contributed by atoms with E-state index in [0.29, 0.717) is 24.5 Å². The number of nitrogens with zero attached hydrogens (tertiary/aromatic N) is 3. The zero-order chi connectivity index (χ0) is 35.1. The van der Waals surface area contributed by atoms with Gasteiger partial charge in [0.25, 0.3) is 0 Å². The van der Waals surface area contributed by atoms with Gasteiger partial charge in [0.05, 0.1) is 24.4 Å². The molecule has 5 aliphatic rings. The van der Waals surface area contributed by atoms with E-state index in [1.807, 2.05) is 18.2 Å². The van der Waals surface area contributed by atoms with Gasteiger partial charge >= 0.3 is 12.1 Å². The highest BCUT2D eigenvalue weighted by molar-refractivity contribution is 7.92. The van der Waals surface area contributed by atoms with Gasteiger partial charge < -0.3 is 29.5 Å². The molecule has 1 unspecified atom stereocenters. The molecule has 3 heterocycles. The number of amides is 1. The summed E-state index contributed by atoms with van der Waals surface area (Å²) in [6, 6.07) is 14.2. The summed E-state index contributed by atoms with van der Waals surface area (Å²) in [4.78, 5) is 33.2. The number of esters is 1. The predicted molar refractivity (Wildman–Crippen MR) is 188 cm³/mol. The summed E-state index contributed by atoms with van der Waals surface area (Å²) < 4.78 is 50.8. The number of anilines is 1. The summed E-state index contributed by atoms with van der Waals surface area (Å²) in [5.74, 6) is -0.0769. The SMILES string of the molecule is COC(=O)N[C@H]1CCC[C@@H]1C(CN1CCC1)(c1cccc(F)c1)C1CCN(CC2(C(=O)OC)CN(c3ccc(S(=O)(=O)C4CC4)cc3)C2)CC1. The molecule has 50 heavy (non-hydrogen) atoms. The molecule has 0 aromatic heterocycles. The molecule has 272 valence electrons. The second-order valence-corrected chi connectivity index (χ2v) is 17.6. The molecule has 2 saturated carbocycles. The number of nitrogens with one attached hydrogen (secondary N) is 1. The van der Waals surface area contributed by atoms with Crippen LogP contribution in [0.15, 0.2) is 53.4 Å². The number of hydrogen-bond acceptors (Lipinski definition) is 9. The molecule has 2 aromatic rings. The Labute approximate surface area is 295 Å². The number of carbonyl (C=O) groups excluding carboxylic acids is 2. The summed E-state index contributed by atoms with van der Waals surface area (Å²) in [6.07, 6.45) is 6.79. The third kappa shape index (κ3) is 6.63. The number of ether oxygens (including phenoxy) is 2. The predicted octanol–water partition coefficient (Wildman–Crippen LogP) is 4.62. The molecule has 3 atom stereocenters. The average Bonchev–Trinajstić information content (AvgIpc) is 3.86. The van der Waals surface area contributed by atoms with Crippen LogP contribution in [0.5, 0.6) is 0 Å². The van der Waals surface area contributed by atoms with Crippen LogP contribution in [-0.2, 0) is 29.5 Å². The number of benzene rings is 2. The van der Waals surface area contributed by atoms with E-state index in [2.05, 4.69) is 26.1 Å². The molecule has 0 bridgehead atoms. The first-order valence-corrected chi connectivity index (χ1v) is 19.9. The van der Waals surface area contributed by atoms with Gasteiger partial charge in [0.2, 0.25) is 0 Å². The lowest BCUT2D eigenvalue weighted by atomic mass is 9.57. The van der Waals surface area contributed by atoms with Crippen LogP contribution >= 0.6 is 0 Å². The van der Waals surface area contributed by atoms with Crippen molar-refractivity contribution in [3.63, 3.8) is 0 Å². The molecule has 10 nitrogen and oxygen atoms in total. The van der Waals surface area contributed by atoms with Crippen molar-refractivity contribution in [2.24, 2.45) is 17.3 Å². The Kier molecular flexibility index (Phi) is 9.90. The normalized spacial score (nSPS) is 25.6. The van der Waals surface area contributed by atoms with Crippen LogP contribution in [-0.4, -0.2) is 108 Å². The smallest absolute Gasteiger partial charge is 0.407 e. The van der Waals surface area contributed by atoms with Gasteiger partial charge in [-0.15, -0.1) is 0 Å². The molecular formula is C38H51FN4O6S. The molecule has 3 saturated heterocycles. The van der Waals surface area contributed by atoms with E-state index < -0.39 is 21.3 Å². The molecule has 2 aromatic carbocycles. The van der Waals surface area contributed by atoms with Gasteiger partial charge in [-0.05, 0) is 125 Å². The summed E-state index contributed by atoms with van der Waals surface area (Å²) in [5.41, 5.74) is 0.876. The molecule has 1 N–H and O–H groups in total. The lowest BCUT2D eigenvalue weighted by Gasteiger charge is -2.55. The Hall–Kier alpha value is -3.22. The molecule has 0 spiro atoms. The van der Waals surface area contributed by atoms with Gasteiger partial charge in [-0.3, -0.25) is 4.79 Å². The highest BCUT2D eigenvalue weighted by atomic mass is 32.2. The summed E-state index contributed by atoms with van der Waals surface area (Å²) in [5, 5.41) is 2.91. The lowest BCUT2D eigenvalue weighted by molar-refractivity contribution is -0.156. The maximum atomic E-state index is 15.0.